The molecule has 2 atom stereocenters. The van der Waals surface area contributed by atoms with Crippen LogP contribution in [-0.2, 0) is 4.84 Å². The molecule has 0 amide bonds. The standard InChI is InChI=1S/C20H27NO/c1-4-11-19(17-12-7-5-8-13-17)22-21-20(16(2)3)18-14-9-6-10-15-18/h5-10,12-16,19-21H,4,11H2,1-3H3/t19-,20-/m0/s1. The van der Waals surface area contributed by atoms with E-state index in [4.69, 9.17) is 4.84 Å². The number of rotatable bonds is 8. The third-order valence-corrected chi connectivity index (χ3v) is 3.88. The Bertz CT molecular complexity index is 524. The second-order valence-electron chi connectivity index (χ2n) is 6.06. The van der Waals surface area contributed by atoms with Gasteiger partial charge in [-0.05, 0) is 23.5 Å². The maximum absolute atomic E-state index is 6.10. The lowest BCUT2D eigenvalue weighted by atomic mass is 9.97. The van der Waals surface area contributed by atoms with E-state index in [1.54, 1.807) is 0 Å². The van der Waals surface area contributed by atoms with Gasteiger partial charge in [0, 0.05) is 0 Å². The van der Waals surface area contributed by atoms with E-state index >= 15 is 0 Å². The third kappa shape index (κ3) is 4.69. The molecule has 0 saturated carbocycles. The van der Waals surface area contributed by atoms with E-state index in [-0.39, 0.29) is 12.1 Å². The third-order valence-electron chi connectivity index (χ3n) is 3.88. The van der Waals surface area contributed by atoms with Crippen LogP contribution in [0.5, 0.6) is 0 Å². The molecule has 0 radical (unpaired) electrons. The molecule has 0 fully saturated rings. The number of nitrogens with one attached hydrogen (secondary N) is 1. The van der Waals surface area contributed by atoms with E-state index in [2.05, 4.69) is 74.8 Å². The van der Waals surface area contributed by atoms with Gasteiger partial charge < -0.3 is 0 Å². The van der Waals surface area contributed by atoms with Crippen LogP contribution >= 0.6 is 0 Å². The van der Waals surface area contributed by atoms with Gasteiger partial charge in [0.25, 0.3) is 0 Å². The summed E-state index contributed by atoms with van der Waals surface area (Å²) in [4.78, 5) is 6.10. The summed E-state index contributed by atoms with van der Waals surface area (Å²) in [5.74, 6) is 0.459. The molecule has 2 aromatic carbocycles. The highest BCUT2D eigenvalue weighted by atomic mass is 16.7. The van der Waals surface area contributed by atoms with E-state index in [1.165, 1.54) is 11.1 Å². The average Bonchev–Trinajstić information content (AvgIpc) is 2.55. The zero-order valence-corrected chi connectivity index (χ0v) is 13.8. The molecule has 0 aliphatic heterocycles. The van der Waals surface area contributed by atoms with Gasteiger partial charge in [-0.2, -0.15) is 5.48 Å². The van der Waals surface area contributed by atoms with Gasteiger partial charge in [0.05, 0.1) is 6.04 Å². The van der Waals surface area contributed by atoms with Crippen molar-refractivity contribution in [2.45, 2.75) is 45.8 Å². The Morgan fingerprint density at radius 3 is 1.91 bits per heavy atom. The normalized spacial score (nSPS) is 14.0. The number of benzene rings is 2. The van der Waals surface area contributed by atoms with Crippen molar-refractivity contribution in [3.63, 3.8) is 0 Å². The van der Waals surface area contributed by atoms with Crippen molar-refractivity contribution in [1.29, 1.82) is 0 Å². The highest BCUT2D eigenvalue weighted by Gasteiger charge is 2.18. The Kier molecular flexibility index (Phi) is 6.63. The lowest BCUT2D eigenvalue weighted by Gasteiger charge is -2.26. The van der Waals surface area contributed by atoms with Crippen molar-refractivity contribution in [3.05, 3.63) is 71.8 Å². The van der Waals surface area contributed by atoms with Crippen LogP contribution in [0, 0.1) is 5.92 Å². The predicted molar refractivity (Wildman–Crippen MR) is 92.3 cm³/mol. The van der Waals surface area contributed by atoms with Crippen LogP contribution in [0.3, 0.4) is 0 Å². The summed E-state index contributed by atoms with van der Waals surface area (Å²) in [5, 5.41) is 0. The lowest BCUT2D eigenvalue weighted by Crippen LogP contribution is -2.28. The fourth-order valence-corrected chi connectivity index (χ4v) is 2.63. The molecular weight excluding hydrogens is 270 g/mol. The molecule has 2 aromatic rings. The first-order valence-corrected chi connectivity index (χ1v) is 8.23. The van der Waals surface area contributed by atoms with Crippen molar-refractivity contribution in [2.75, 3.05) is 0 Å². The molecule has 0 aliphatic carbocycles. The maximum atomic E-state index is 6.10. The molecule has 0 unspecified atom stereocenters. The first-order valence-electron chi connectivity index (χ1n) is 8.23. The zero-order chi connectivity index (χ0) is 15.8. The minimum absolute atomic E-state index is 0.0937. The summed E-state index contributed by atoms with van der Waals surface area (Å²) < 4.78 is 0. The van der Waals surface area contributed by atoms with Gasteiger partial charge in [-0.15, -0.1) is 0 Å². The fraction of sp³-hybridized carbons (Fsp3) is 0.400. The quantitative estimate of drug-likeness (QED) is 0.654. The van der Waals surface area contributed by atoms with Crippen LogP contribution in [0.25, 0.3) is 0 Å². The molecule has 0 saturated heterocycles. The number of hydrogen-bond donors (Lipinski definition) is 1. The van der Waals surface area contributed by atoms with Crippen molar-refractivity contribution >= 4 is 0 Å². The van der Waals surface area contributed by atoms with Gasteiger partial charge >= 0.3 is 0 Å². The van der Waals surface area contributed by atoms with E-state index in [0.29, 0.717) is 5.92 Å². The molecule has 2 nitrogen and oxygen atoms in total. The van der Waals surface area contributed by atoms with Crippen molar-refractivity contribution < 1.29 is 4.84 Å². The lowest BCUT2D eigenvalue weighted by molar-refractivity contribution is -0.0585. The molecule has 0 aromatic heterocycles. The van der Waals surface area contributed by atoms with E-state index in [1.807, 2.05) is 12.1 Å². The van der Waals surface area contributed by atoms with Gasteiger partial charge in [-0.3, -0.25) is 4.84 Å². The monoisotopic (exact) mass is 297 g/mol. The van der Waals surface area contributed by atoms with Gasteiger partial charge in [-0.25, -0.2) is 0 Å². The highest BCUT2D eigenvalue weighted by Crippen LogP contribution is 2.26. The second kappa shape index (κ2) is 8.72. The SMILES string of the molecule is CCC[C@H](ON[C@H](c1ccccc1)C(C)C)c1ccccc1. The van der Waals surface area contributed by atoms with Crippen molar-refractivity contribution in [1.82, 2.24) is 5.48 Å². The summed E-state index contributed by atoms with van der Waals surface area (Å²) in [6, 6.07) is 21.1. The Balaban J connectivity index is 2.06. The molecule has 2 rings (SSSR count). The van der Waals surface area contributed by atoms with Crippen LogP contribution in [0.1, 0.15) is 56.9 Å². The minimum atomic E-state index is 0.0937. The topological polar surface area (TPSA) is 21.3 Å². The van der Waals surface area contributed by atoms with Gasteiger partial charge in [0.2, 0.25) is 0 Å². The summed E-state index contributed by atoms with van der Waals surface area (Å²) >= 11 is 0. The largest absolute Gasteiger partial charge is 0.293 e. The van der Waals surface area contributed by atoms with E-state index in [9.17, 15) is 0 Å². The van der Waals surface area contributed by atoms with Crippen molar-refractivity contribution in [2.24, 2.45) is 5.92 Å². The summed E-state index contributed by atoms with van der Waals surface area (Å²) in [6.45, 7) is 6.62. The van der Waals surface area contributed by atoms with Gasteiger partial charge in [0.15, 0.2) is 0 Å². The predicted octanol–water partition coefficient (Wildman–Crippen LogP) is 5.45. The Hall–Kier alpha value is -1.64. The van der Waals surface area contributed by atoms with Crippen molar-refractivity contribution in [3.8, 4) is 0 Å². The van der Waals surface area contributed by atoms with Gasteiger partial charge in [-0.1, -0.05) is 87.9 Å². The van der Waals surface area contributed by atoms with Crippen LogP contribution < -0.4 is 5.48 Å². The number of hydrogen-bond acceptors (Lipinski definition) is 2. The molecule has 0 spiro atoms. The van der Waals surface area contributed by atoms with E-state index in [0.717, 1.165) is 12.8 Å². The Morgan fingerprint density at radius 1 is 0.864 bits per heavy atom. The van der Waals surface area contributed by atoms with Crippen LogP contribution in [0.2, 0.25) is 0 Å². The first kappa shape index (κ1) is 16.7. The van der Waals surface area contributed by atoms with Crippen LogP contribution in [0.15, 0.2) is 60.7 Å². The Morgan fingerprint density at radius 2 is 1.41 bits per heavy atom. The molecule has 0 bridgehead atoms. The second-order valence-corrected chi connectivity index (χ2v) is 6.06. The van der Waals surface area contributed by atoms with E-state index < -0.39 is 0 Å². The summed E-state index contributed by atoms with van der Waals surface area (Å²) in [6.07, 6.45) is 2.20. The summed E-state index contributed by atoms with van der Waals surface area (Å²) in [5.41, 5.74) is 5.81. The van der Waals surface area contributed by atoms with Crippen LogP contribution in [0.4, 0.5) is 0 Å². The molecule has 0 heterocycles. The minimum Gasteiger partial charge on any atom is -0.293 e. The molecular formula is C20H27NO. The zero-order valence-electron chi connectivity index (χ0n) is 13.8. The fourth-order valence-electron chi connectivity index (χ4n) is 2.63. The first-order chi connectivity index (χ1) is 10.7. The van der Waals surface area contributed by atoms with Crippen LogP contribution in [-0.4, -0.2) is 0 Å². The molecule has 0 aliphatic rings. The molecule has 2 heteroatoms. The molecule has 1 N–H and O–H groups in total. The number of hydroxylamine groups is 1. The smallest absolute Gasteiger partial charge is 0.104 e. The highest BCUT2D eigenvalue weighted by molar-refractivity contribution is 5.19. The summed E-state index contributed by atoms with van der Waals surface area (Å²) in [7, 11) is 0. The average molecular weight is 297 g/mol. The van der Waals surface area contributed by atoms with Gasteiger partial charge in [0.1, 0.15) is 6.10 Å². The molecule has 118 valence electrons. The maximum Gasteiger partial charge on any atom is 0.104 e. The molecule has 22 heavy (non-hydrogen) atoms. The Labute approximate surface area is 134 Å².